The fraction of sp³-hybridized carbons (Fsp3) is 0.250. The van der Waals surface area contributed by atoms with Crippen LogP contribution in [-0.4, -0.2) is 30.2 Å². The molecule has 1 fully saturated rings. The molecule has 0 aromatic heterocycles. The van der Waals surface area contributed by atoms with Crippen molar-refractivity contribution in [2.24, 2.45) is 0 Å². The average molecular weight is 352 g/mol. The number of amides is 2. The monoisotopic (exact) mass is 352 g/mol. The zero-order valence-electron chi connectivity index (χ0n) is 14.5. The van der Waals surface area contributed by atoms with Crippen LogP contribution in [-0.2, 0) is 4.79 Å². The van der Waals surface area contributed by atoms with Crippen LogP contribution in [0.5, 0.6) is 5.75 Å². The number of nitrogens with one attached hydrogen (secondary N) is 2. The van der Waals surface area contributed by atoms with Crippen LogP contribution in [0.4, 0.5) is 5.69 Å². The van der Waals surface area contributed by atoms with Crippen LogP contribution < -0.4 is 15.4 Å². The molecule has 134 valence electrons. The van der Waals surface area contributed by atoms with Crippen molar-refractivity contribution in [2.75, 3.05) is 11.9 Å². The molecule has 0 radical (unpaired) electrons. The molecular weight excluding hydrogens is 332 g/mol. The van der Waals surface area contributed by atoms with Gasteiger partial charge in [0, 0.05) is 22.9 Å². The highest BCUT2D eigenvalue weighted by Crippen LogP contribution is 2.20. The van der Waals surface area contributed by atoms with Gasteiger partial charge in [0.25, 0.3) is 11.8 Å². The van der Waals surface area contributed by atoms with Gasteiger partial charge in [-0.25, -0.2) is 0 Å². The molecule has 0 heterocycles. The Labute approximate surface area is 151 Å². The fourth-order valence-electron chi connectivity index (χ4n) is 2.35. The minimum absolute atomic E-state index is 0.0642. The number of Topliss-reactive ketones (excluding diaryl/α,β-unsaturated/α-hetero) is 1. The van der Waals surface area contributed by atoms with Crippen LogP contribution in [0, 0.1) is 0 Å². The van der Waals surface area contributed by atoms with Crippen molar-refractivity contribution in [3.63, 3.8) is 0 Å². The van der Waals surface area contributed by atoms with Gasteiger partial charge in [-0.2, -0.15) is 0 Å². The van der Waals surface area contributed by atoms with Crippen molar-refractivity contribution >= 4 is 23.3 Å². The molecule has 1 aliphatic carbocycles. The van der Waals surface area contributed by atoms with Crippen LogP contribution >= 0.6 is 0 Å². The van der Waals surface area contributed by atoms with E-state index in [1.165, 1.54) is 6.92 Å². The Kier molecular flexibility index (Phi) is 5.31. The summed E-state index contributed by atoms with van der Waals surface area (Å²) in [5, 5.41) is 5.62. The van der Waals surface area contributed by atoms with Crippen molar-refractivity contribution in [1.82, 2.24) is 5.32 Å². The van der Waals surface area contributed by atoms with Crippen molar-refractivity contribution in [2.45, 2.75) is 25.8 Å². The lowest BCUT2D eigenvalue weighted by molar-refractivity contribution is -0.118. The maximum atomic E-state index is 12.0. The standard InChI is InChI=1S/C20H20N2O4/c1-13(23)15-3-2-4-18(11-15)26-12-19(24)21-16-7-5-14(6-8-16)20(25)22-17-9-10-17/h2-8,11,17H,9-10,12H2,1H3,(H,21,24)(H,22,25). The molecule has 0 saturated heterocycles. The quantitative estimate of drug-likeness (QED) is 0.751. The first-order valence-electron chi connectivity index (χ1n) is 8.46. The zero-order valence-corrected chi connectivity index (χ0v) is 14.5. The third-order valence-electron chi connectivity index (χ3n) is 3.95. The summed E-state index contributed by atoms with van der Waals surface area (Å²) in [5.74, 6) is -0.0295. The summed E-state index contributed by atoms with van der Waals surface area (Å²) in [6.45, 7) is 1.30. The van der Waals surface area contributed by atoms with E-state index in [0.29, 0.717) is 28.6 Å². The molecule has 6 heteroatoms. The number of anilines is 1. The lowest BCUT2D eigenvalue weighted by Gasteiger charge is -2.09. The SMILES string of the molecule is CC(=O)c1cccc(OCC(=O)Nc2ccc(C(=O)NC3CC3)cc2)c1. The van der Waals surface area contributed by atoms with Gasteiger partial charge in [-0.05, 0) is 56.2 Å². The highest BCUT2D eigenvalue weighted by atomic mass is 16.5. The molecule has 1 aliphatic rings. The summed E-state index contributed by atoms with van der Waals surface area (Å²) in [6.07, 6.45) is 2.07. The van der Waals surface area contributed by atoms with E-state index in [-0.39, 0.29) is 24.2 Å². The minimum Gasteiger partial charge on any atom is -0.484 e. The number of hydrogen-bond acceptors (Lipinski definition) is 4. The van der Waals surface area contributed by atoms with Gasteiger partial charge in [-0.3, -0.25) is 14.4 Å². The molecule has 0 unspecified atom stereocenters. The normalized spacial score (nSPS) is 13.0. The Morgan fingerprint density at radius 3 is 2.42 bits per heavy atom. The van der Waals surface area contributed by atoms with E-state index in [4.69, 9.17) is 4.74 Å². The largest absolute Gasteiger partial charge is 0.484 e. The molecule has 2 N–H and O–H groups in total. The molecule has 2 aromatic rings. The smallest absolute Gasteiger partial charge is 0.262 e. The van der Waals surface area contributed by atoms with Crippen LogP contribution in [0.15, 0.2) is 48.5 Å². The Morgan fingerprint density at radius 1 is 1.04 bits per heavy atom. The second kappa shape index (κ2) is 7.82. The predicted octanol–water partition coefficient (Wildman–Crippen LogP) is 2.80. The van der Waals surface area contributed by atoms with Crippen LogP contribution in [0.25, 0.3) is 0 Å². The van der Waals surface area contributed by atoms with E-state index in [0.717, 1.165) is 12.8 Å². The van der Waals surface area contributed by atoms with E-state index >= 15 is 0 Å². The van der Waals surface area contributed by atoms with E-state index in [9.17, 15) is 14.4 Å². The molecule has 1 saturated carbocycles. The van der Waals surface area contributed by atoms with E-state index in [1.54, 1.807) is 48.5 Å². The summed E-state index contributed by atoms with van der Waals surface area (Å²) in [7, 11) is 0. The summed E-state index contributed by atoms with van der Waals surface area (Å²) < 4.78 is 5.42. The van der Waals surface area contributed by atoms with E-state index < -0.39 is 0 Å². The van der Waals surface area contributed by atoms with Gasteiger partial charge >= 0.3 is 0 Å². The first-order valence-corrected chi connectivity index (χ1v) is 8.46. The number of rotatable bonds is 7. The molecule has 2 aromatic carbocycles. The maximum Gasteiger partial charge on any atom is 0.262 e. The molecule has 0 spiro atoms. The van der Waals surface area contributed by atoms with Crippen molar-refractivity contribution in [3.05, 3.63) is 59.7 Å². The van der Waals surface area contributed by atoms with Crippen molar-refractivity contribution in [3.8, 4) is 5.75 Å². The fourth-order valence-corrected chi connectivity index (χ4v) is 2.35. The molecule has 3 rings (SSSR count). The van der Waals surface area contributed by atoms with Gasteiger partial charge in [0.15, 0.2) is 12.4 Å². The maximum absolute atomic E-state index is 12.0. The Hall–Kier alpha value is -3.15. The first-order chi connectivity index (χ1) is 12.5. The summed E-state index contributed by atoms with van der Waals surface area (Å²) in [4.78, 5) is 35.3. The third-order valence-corrected chi connectivity index (χ3v) is 3.95. The second-order valence-electron chi connectivity index (χ2n) is 6.25. The molecule has 0 atom stereocenters. The third kappa shape index (κ3) is 4.92. The van der Waals surface area contributed by atoms with E-state index in [2.05, 4.69) is 10.6 Å². The van der Waals surface area contributed by atoms with Crippen LogP contribution in [0.3, 0.4) is 0 Å². The minimum atomic E-state index is -0.326. The van der Waals surface area contributed by atoms with Gasteiger partial charge in [-0.15, -0.1) is 0 Å². The van der Waals surface area contributed by atoms with Gasteiger partial charge in [-0.1, -0.05) is 12.1 Å². The number of carbonyl (C=O) groups is 3. The number of ketones is 1. The number of carbonyl (C=O) groups excluding carboxylic acids is 3. The van der Waals surface area contributed by atoms with E-state index in [1.807, 2.05) is 0 Å². The number of ether oxygens (including phenoxy) is 1. The van der Waals surface area contributed by atoms with Crippen molar-refractivity contribution in [1.29, 1.82) is 0 Å². The first kappa shape index (κ1) is 17.7. The van der Waals surface area contributed by atoms with Gasteiger partial charge in [0.1, 0.15) is 5.75 Å². The summed E-state index contributed by atoms with van der Waals surface area (Å²) in [5.41, 5.74) is 1.68. The zero-order chi connectivity index (χ0) is 18.5. The molecule has 0 bridgehead atoms. The Bertz CT molecular complexity index is 826. The lowest BCUT2D eigenvalue weighted by atomic mass is 10.1. The highest BCUT2D eigenvalue weighted by Gasteiger charge is 2.23. The molecular formula is C20H20N2O4. The molecule has 2 amide bonds. The Balaban J connectivity index is 1.50. The highest BCUT2D eigenvalue weighted by molar-refractivity contribution is 5.96. The Morgan fingerprint density at radius 2 is 1.77 bits per heavy atom. The van der Waals surface area contributed by atoms with Crippen molar-refractivity contribution < 1.29 is 19.1 Å². The topological polar surface area (TPSA) is 84.5 Å². The van der Waals surface area contributed by atoms with Crippen LogP contribution in [0.2, 0.25) is 0 Å². The number of benzene rings is 2. The molecule has 26 heavy (non-hydrogen) atoms. The molecule has 0 aliphatic heterocycles. The number of hydrogen-bond donors (Lipinski definition) is 2. The second-order valence-corrected chi connectivity index (χ2v) is 6.25. The van der Waals surface area contributed by atoms with Gasteiger partial charge in [0.2, 0.25) is 0 Å². The summed E-state index contributed by atoms with van der Waals surface area (Å²) >= 11 is 0. The van der Waals surface area contributed by atoms with Crippen LogP contribution in [0.1, 0.15) is 40.5 Å². The van der Waals surface area contributed by atoms with Gasteiger partial charge < -0.3 is 15.4 Å². The summed E-state index contributed by atoms with van der Waals surface area (Å²) in [6, 6.07) is 13.7. The average Bonchev–Trinajstić information content (AvgIpc) is 3.45. The van der Waals surface area contributed by atoms with Gasteiger partial charge in [0.05, 0.1) is 0 Å². The lowest BCUT2D eigenvalue weighted by Crippen LogP contribution is -2.25. The predicted molar refractivity (Wildman–Crippen MR) is 97.5 cm³/mol. The molecule has 6 nitrogen and oxygen atoms in total.